The molecule has 348 valence electrons. The number of esters is 2. The molecule has 2 aliphatic rings. The number of fused-ring (bicyclic) bond motifs is 2. The van der Waals surface area contributed by atoms with Gasteiger partial charge in [0.25, 0.3) is 20.0 Å². The van der Waals surface area contributed by atoms with E-state index in [2.05, 4.69) is 0 Å². The van der Waals surface area contributed by atoms with Crippen molar-refractivity contribution < 1.29 is 54.2 Å². The zero-order valence-corrected chi connectivity index (χ0v) is 39.1. The maximum absolute atomic E-state index is 13.9. The van der Waals surface area contributed by atoms with Crippen molar-refractivity contribution in [3.05, 3.63) is 107 Å². The van der Waals surface area contributed by atoms with Gasteiger partial charge in [-0.05, 0) is 138 Å². The number of nitrogens with two attached hydrogens (primary N) is 2. The number of ether oxygens (including phenoxy) is 4. The molecule has 0 bridgehead atoms. The Morgan fingerprint density at radius 3 is 1.28 bits per heavy atom. The first-order chi connectivity index (χ1) is 29.9. The molecule has 0 aliphatic carbocycles. The topological polar surface area (TPSA) is 198 Å². The molecule has 0 radical (unpaired) electrons. The van der Waals surface area contributed by atoms with E-state index in [4.69, 9.17) is 30.4 Å². The summed E-state index contributed by atoms with van der Waals surface area (Å²) in [6.45, 7) is 11.7. The van der Waals surface area contributed by atoms with E-state index in [1.54, 1.807) is 65.8 Å². The van der Waals surface area contributed by atoms with Gasteiger partial charge in [0, 0.05) is 25.2 Å². The Labute approximate surface area is 374 Å². The highest BCUT2D eigenvalue weighted by Crippen LogP contribution is 2.38. The summed E-state index contributed by atoms with van der Waals surface area (Å²) in [5, 5.41) is 0. The van der Waals surface area contributed by atoms with E-state index >= 15 is 0 Å². The van der Waals surface area contributed by atoms with Gasteiger partial charge in [-0.3, -0.25) is 18.2 Å². The Bertz CT molecular complexity index is 2400. The van der Waals surface area contributed by atoms with Gasteiger partial charge in [-0.25, -0.2) is 25.6 Å². The monoisotopic (exact) mass is 928 g/mol. The van der Waals surface area contributed by atoms with Gasteiger partial charge in [0.2, 0.25) is 0 Å². The van der Waals surface area contributed by atoms with Gasteiger partial charge in [-0.2, -0.15) is 0 Å². The normalized spacial score (nSPS) is 16.4. The second kappa shape index (κ2) is 19.8. The molecule has 0 amide bonds. The van der Waals surface area contributed by atoms with Crippen molar-refractivity contribution in [2.75, 3.05) is 49.0 Å². The number of benzene rings is 4. The van der Waals surface area contributed by atoms with Crippen LogP contribution in [0.4, 0.5) is 20.2 Å². The van der Waals surface area contributed by atoms with Gasteiger partial charge in [-0.15, -0.1) is 0 Å². The zero-order chi connectivity index (χ0) is 47.4. The number of rotatable bonds is 12. The van der Waals surface area contributed by atoms with Gasteiger partial charge in [0.05, 0.1) is 48.2 Å². The van der Waals surface area contributed by atoms with Gasteiger partial charge in [0.15, 0.2) is 23.1 Å². The number of hydrogen-bond acceptors (Lipinski definition) is 12. The summed E-state index contributed by atoms with van der Waals surface area (Å²) in [6, 6.07) is 17.5. The smallest absolute Gasteiger partial charge is 0.310 e. The van der Waals surface area contributed by atoms with Crippen molar-refractivity contribution in [1.82, 2.24) is 0 Å². The molecule has 2 atom stereocenters. The first kappa shape index (κ1) is 49.7. The third-order valence-electron chi connectivity index (χ3n) is 10.3. The highest BCUT2D eigenvalue weighted by Gasteiger charge is 2.36. The van der Waals surface area contributed by atoms with Crippen molar-refractivity contribution >= 4 is 43.4 Å². The highest BCUT2D eigenvalue weighted by atomic mass is 32.2. The number of carbonyl (C=O) groups is 2. The third-order valence-corrected chi connectivity index (χ3v) is 13.9. The summed E-state index contributed by atoms with van der Waals surface area (Å²) in [4.78, 5) is 24.4. The maximum Gasteiger partial charge on any atom is 0.310 e. The van der Waals surface area contributed by atoms with Crippen molar-refractivity contribution in [2.24, 2.45) is 23.3 Å². The summed E-state index contributed by atoms with van der Waals surface area (Å²) in [5.74, 6) is -2.55. The van der Waals surface area contributed by atoms with Crippen LogP contribution in [0.3, 0.4) is 0 Å². The molecule has 14 nitrogen and oxygen atoms in total. The van der Waals surface area contributed by atoms with Crippen LogP contribution in [0, 0.1) is 23.5 Å². The predicted molar refractivity (Wildman–Crippen MR) is 239 cm³/mol. The Kier molecular flexibility index (Phi) is 15.4. The van der Waals surface area contributed by atoms with Crippen LogP contribution < -0.4 is 29.6 Å². The fourth-order valence-corrected chi connectivity index (χ4v) is 10.6. The second-order valence-electron chi connectivity index (χ2n) is 17.7. The number of nitrogens with zero attached hydrogens (tertiary/aromatic N) is 2. The highest BCUT2D eigenvalue weighted by molar-refractivity contribution is 7.93. The minimum Gasteiger partial charge on any atom is -0.494 e. The molecule has 0 spiro atoms. The molecule has 0 saturated carbocycles. The number of halogens is 2. The molecule has 2 aliphatic heterocycles. The van der Waals surface area contributed by atoms with E-state index < -0.39 is 54.8 Å². The summed E-state index contributed by atoms with van der Waals surface area (Å²) in [6.07, 6.45) is 1.28. The Morgan fingerprint density at radius 1 is 0.609 bits per heavy atom. The van der Waals surface area contributed by atoms with Crippen LogP contribution in [0.5, 0.6) is 11.5 Å². The molecule has 0 fully saturated rings. The van der Waals surface area contributed by atoms with E-state index in [1.165, 1.54) is 47.1 Å². The molecule has 4 aromatic carbocycles. The first-order valence-electron chi connectivity index (χ1n) is 20.7. The molecule has 6 rings (SSSR count). The van der Waals surface area contributed by atoms with E-state index in [9.17, 15) is 35.2 Å². The molecule has 0 saturated heterocycles. The van der Waals surface area contributed by atoms with E-state index in [0.717, 1.165) is 23.3 Å². The molecule has 4 N–H and O–H groups in total. The Balaban J connectivity index is 0.000000241. The standard InChI is InChI=1S/2C23H29FN2O5S/c2*1-23(2,3)31-22(27)11-15-5-6-17-9-16(13-25)14-26(20(17)10-15)32(28,29)18-7-8-19(24)21(12-18)30-4/h2*5-8,10,12,16H,9,11,13-14,25H2,1-4H3/t2*16-/m10/s1. The van der Waals surface area contributed by atoms with Crippen molar-refractivity contribution in [3.8, 4) is 11.5 Å². The zero-order valence-electron chi connectivity index (χ0n) is 37.4. The molecular weight excluding hydrogens is 871 g/mol. The maximum atomic E-state index is 13.9. The number of carbonyl (C=O) groups excluding carboxylic acids is 2. The second-order valence-corrected chi connectivity index (χ2v) is 21.5. The van der Waals surface area contributed by atoms with Crippen LogP contribution in [-0.2, 0) is 64.8 Å². The van der Waals surface area contributed by atoms with Crippen molar-refractivity contribution in [2.45, 2.75) is 88.2 Å². The lowest BCUT2D eigenvalue weighted by Crippen LogP contribution is -2.42. The molecule has 2 heterocycles. The molecule has 64 heavy (non-hydrogen) atoms. The van der Waals surface area contributed by atoms with Crippen LogP contribution in [0.2, 0.25) is 0 Å². The summed E-state index contributed by atoms with van der Waals surface area (Å²) in [7, 11) is -5.50. The first-order valence-corrected chi connectivity index (χ1v) is 23.6. The third kappa shape index (κ3) is 12.1. The van der Waals surface area contributed by atoms with Crippen LogP contribution in [0.15, 0.2) is 82.6 Å². The fourth-order valence-electron chi connectivity index (χ4n) is 7.38. The molecule has 4 aromatic rings. The quantitative estimate of drug-likeness (QED) is 0.155. The molecular formula is C46H58F2N4O10S2. The molecule has 18 heteroatoms. The van der Waals surface area contributed by atoms with Gasteiger partial charge < -0.3 is 30.4 Å². The lowest BCUT2D eigenvalue weighted by molar-refractivity contribution is -0.155. The lowest BCUT2D eigenvalue weighted by Gasteiger charge is -2.35. The SMILES string of the molecule is COc1cc(S(=O)(=O)N2C[C@@H](CN)Cc3ccc(CC(=O)OC(C)(C)C)cc32)ccc1F.COc1cc(S(=O)(=O)N2C[C@H](CN)Cc3ccc(CC(=O)OC(C)(C)C)cc32)ccc1F. The van der Waals surface area contributed by atoms with E-state index in [-0.39, 0.29) is 59.1 Å². The minimum atomic E-state index is -4.03. The average Bonchev–Trinajstić information content (AvgIpc) is 3.21. The molecule has 0 unspecified atom stereocenters. The Hall–Kier alpha value is -5.30. The van der Waals surface area contributed by atoms with Crippen LogP contribution in [-0.4, -0.2) is 80.4 Å². The van der Waals surface area contributed by atoms with Crippen LogP contribution in [0.1, 0.15) is 63.8 Å². The Morgan fingerprint density at radius 2 is 0.969 bits per heavy atom. The van der Waals surface area contributed by atoms with Crippen molar-refractivity contribution in [3.63, 3.8) is 0 Å². The number of hydrogen-bond donors (Lipinski definition) is 2. The van der Waals surface area contributed by atoms with E-state index in [1.807, 2.05) is 12.1 Å². The van der Waals surface area contributed by atoms with Gasteiger partial charge in [0.1, 0.15) is 11.2 Å². The molecule has 0 aromatic heterocycles. The summed E-state index contributed by atoms with van der Waals surface area (Å²) in [5.41, 5.74) is 14.4. The van der Waals surface area contributed by atoms with Crippen molar-refractivity contribution in [1.29, 1.82) is 0 Å². The summed E-state index contributed by atoms with van der Waals surface area (Å²) < 4.78 is 105. The van der Waals surface area contributed by atoms with Crippen LogP contribution in [0.25, 0.3) is 0 Å². The largest absolute Gasteiger partial charge is 0.494 e. The number of methoxy groups -OCH3 is 2. The predicted octanol–water partition coefficient (Wildman–Crippen LogP) is 6.09. The van der Waals surface area contributed by atoms with Crippen LogP contribution >= 0.6 is 0 Å². The van der Waals surface area contributed by atoms with E-state index in [0.29, 0.717) is 48.4 Å². The fraction of sp³-hybridized carbons (Fsp3) is 0.435. The van der Waals surface area contributed by atoms with Gasteiger partial charge >= 0.3 is 11.9 Å². The van der Waals surface area contributed by atoms with Gasteiger partial charge in [-0.1, -0.05) is 24.3 Å². The minimum absolute atomic E-state index is 0.0170. The number of sulfonamides is 2. The average molecular weight is 929 g/mol. The lowest BCUT2D eigenvalue weighted by atomic mass is 9.92. The summed E-state index contributed by atoms with van der Waals surface area (Å²) >= 11 is 0. The number of anilines is 2.